The van der Waals surface area contributed by atoms with Crippen LogP contribution in [0.5, 0.6) is 0 Å². The van der Waals surface area contributed by atoms with Gasteiger partial charge in [-0.05, 0) is 37.3 Å². The Balaban J connectivity index is 1.98. The number of aryl methyl sites for hydroxylation is 2. The standard InChI is InChI=1S/C14H19N3O2S2/c15-13(20)11-9-10-3-1-2-4-12(10)16-14(11)17-5-7-21(18,19)8-6-17/h9H,1-8H2,(H2,15,20). The van der Waals surface area contributed by atoms with E-state index in [1.165, 1.54) is 12.0 Å². The molecule has 5 nitrogen and oxygen atoms in total. The lowest BCUT2D eigenvalue weighted by Gasteiger charge is -2.30. The van der Waals surface area contributed by atoms with Crippen LogP contribution in [0.3, 0.4) is 0 Å². The van der Waals surface area contributed by atoms with Crippen LogP contribution in [-0.4, -0.2) is 43.0 Å². The Bertz CT molecular complexity index is 672. The van der Waals surface area contributed by atoms with E-state index in [4.69, 9.17) is 22.9 Å². The smallest absolute Gasteiger partial charge is 0.153 e. The van der Waals surface area contributed by atoms with Crippen LogP contribution >= 0.6 is 12.2 Å². The van der Waals surface area contributed by atoms with Gasteiger partial charge in [-0.15, -0.1) is 0 Å². The molecule has 0 amide bonds. The van der Waals surface area contributed by atoms with Crippen molar-refractivity contribution in [1.82, 2.24) is 4.98 Å². The molecule has 21 heavy (non-hydrogen) atoms. The zero-order valence-electron chi connectivity index (χ0n) is 11.8. The lowest BCUT2D eigenvalue weighted by molar-refractivity contribution is 0.586. The van der Waals surface area contributed by atoms with Gasteiger partial charge in [0.1, 0.15) is 10.8 Å². The number of hydrogen-bond acceptors (Lipinski definition) is 5. The summed E-state index contributed by atoms with van der Waals surface area (Å²) in [6.07, 6.45) is 4.33. The Kier molecular flexibility index (Phi) is 3.88. The molecule has 1 aliphatic carbocycles. The van der Waals surface area contributed by atoms with Gasteiger partial charge in [0.25, 0.3) is 0 Å². The van der Waals surface area contributed by atoms with Crippen molar-refractivity contribution in [3.05, 3.63) is 22.9 Å². The first kappa shape index (κ1) is 14.7. The van der Waals surface area contributed by atoms with Crippen LogP contribution in [0.4, 0.5) is 5.82 Å². The molecule has 7 heteroatoms. The zero-order valence-corrected chi connectivity index (χ0v) is 13.5. The van der Waals surface area contributed by atoms with Crippen molar-refractivity contribution in [3.8, 4) is 0 Å². The summed E-state index contributed by atoms with van der Waals surface area (Å²) in [5.74, 6) is 1.10. The topological polar surface area (TPSA) is 76.3 Å². The number of sulfone groups is 1. The molecule has 2 heterocycles. The van der Waals surface area contributed by atoms with E-state index in [9.17, 15) is 8.42 Å². The van der Waals surface area contributed by atoms with E-state index in [1.807, 2.05) is 4.90 Å². The maximum Gasteiger partial charge on any atom is 0.153 e. The first-order valence-electron chi connectivity index (χ1n) is 7.24. The number of fused-ring (bicyclic) bond motifs is 1. The van der Waals surface area contributed by atoms with Crippen molar-refractivity contribution in [2.45, 2.75) is 25.7 Å². The highest BCUT2D eigenvalue weighted by Crippen LogP contribution is 2.27. The third-order valence-corrected chi connectivity index (χ3v) is 6.02. The normalized spacial score (nSPS) is 20.9. The molecule has 3 rings (SSSR count). The van der Waals surface area contributed by atoms with Gasteiger partial charge in [-0.2, -0.15) is 0 Å². The Hall–Kier alpha value is -1.21. The summed E-state index contributed by atoms with van der Waals surface area (Å²) in [6.45, 7) is 0.924. The Morgan fingerprint density at radius 3 is 2.57 bits per heavy atom. The average molecular weight is 325 g/mol. The summed E-state index contributed by atoms with van der Waals surface area (Å²) in [6, 6.07) is 2.06. The monoisotopic (exact) mass is 325 g/mol. The quantitative estimate of drug-likeness (QED) is 0.812. The van der Waals surface area contributed by atoms with Crippen molar-refractivity contribution in [1.29, 1.82) is 0 Å². The number of nitrogens with zero attached hydrogens (tertiary/aromatic N) is 2. The summed E-state index contributed by atoms with van der Waals surface area (Å²) < 4.78 is 23.2. The van der Waals surface area contributed by atoms with E-state index >= 15 is 0 Å². The van der Waals surface area contributed by atoms with Gasteiger partial charge >= 0.3 is 0 Å². The first-order valence-corrected chi connectivity index (χ1v) is 9.47. The van der Waals surface area contributed by atoms with Crippen LogP contribution in [0.1, 0.15) is 29.7 Å². The largest absolute Gasteiger partial charge is 0.389 e. The molecule has 2 N–H and O–H groups in total. The molecule has 0 spiro atoms. The molecule has 0 bridgehead atoms. The lowest BCUT2D eigenvalue weighted by Crippen LogP contribution is -2.41. The van der Waals surface area contributed by atoms with Crippen LogP contribution in [0.15, 0.2) is 6.07 Å². The van der Waals surface area contributed by atoms with Crippen LogP contribution in [0.2, 0.25) is 0 Å². The van der Waals surface area contributed by atoms with Gasteiger partial charge in [-0.3, -0.25) is 0 Å². The summed E-state index contributed by atoms with van der Waals surface area (Å²) in [5.41, 5.74) is 8.99. The average Bonchev–Trinajstić information content (AvgIpc) is 2.46. The molecular formula is C14H19N3O2S2. The summed E-state index contributed by atoms with van der Waals surface area (Å²) in [5, 5.41) is 0. The van der Waals surface area contributed by atoms with E-state index in [1.54, 1.807) is 0 Å². The molecule has 0 aromatic carbocycles. The van der Waals surface area contributed by atoms with Crippen molar-refractivity contribution in [3.63, 3.8) is 0 Å². The van der Waals surface area contributed by atoms with Gasteiger partial charge in [0, 0.05) is 18.8 Å². The molecule has 2 aliphatic rings. The fourth-order valence-electron chi connectivity index (χ4n) is 2.97. The molecule has 1 aliphatic heterocycles. The van der Waals surface area contributed by atoms with E-state index in [2.05, 4.69) is 6.07 Å². The van der Waals surface area contributed by atoms with Gasteiger partial charge in [-0.1, -0.05) is 12.2 Å². The van der Waals surface area contributed by atoms with Gasteiger partial charge in [0.2, 0.25) is 0 Å². The van der Waals surface area contributed by atoms with Gasteiger partial charge < -0.3 is 10.6 Å². The van der Waals surface area contributed by atoms with Crippen molar-refractivity contribution in [2.75, 3.05) is 29.5 Å². The van der Waals surface area contributed by atoms with Crippen molar-refractivity contribution in [2.24, 2.45) is 5.73 Å². The molecule has 0 unspecified atom stereocenters. The third kappa shape index (κ3) is 3.03. The Labute approximate surface area is 130 Å². The molecular weight excluding hydrogens is 306 g/mol. The lowest BCUT2D eigenvalue weighted by atomic mass is 9.94. The summed E-state index contributed by atoms with van der Waals surface area (Å²) in [7, 11) is -2.91. The maximum absolute atomic E-state index is 11.6. The number of rotatable bonds is 2. The van der Waals surface area contributed by atoms with E-state index in [0.29, 0.717) is 18.1 Å². The predicted octanol–water partition coefficient (Wildman–Crippen LogP) is 0.829. The maximum atomic E-state index is 11.6. The second-order valence-corrected chi connectivity index (χ2v) is 8.42. The summed E-state index contributed by atoms with van der Waals surface area (Å²) in [4.78, 5) is 7.11. The first-order chi connectivity index (χ1) is 9.96. The minimum absolute atomic E-state index is 0.169. The second-order valence-electron chi connectivity index (χ2n) is 5.68. The number of thiocarbonyl (C=S) groups is 1. The van der Waals surface area contributed by atoms with E-state index in [-0.39, 0.29) is 11.5 Å². The second kappa shape index (κ2) is 5.53. The molecule has 0 saturated carbocycles. The Morgan fingerprint density at radius 1 is 1.24 bits per heavy atom. The van der Waals surface area contributed by atoms with Crippen LogP contribution in [0.25, 0.3) is 0 Å². The van der Waals surface area contributed by atoms with Gasteiger partial charge in [0.15, 0.2) is 9.84 Å². The molecule has 0 radical (unpaired) electrons. The highest BCUT2D eigenvalue weighted by Gasteiger charge is 2.26. The molecule has 1 aromatic rings. The number of nitrogens with two attached hydrogens (primary N) is 1. The van der Waals surface area contributed by atoms with E-state index < -0.39 is 9.84 Å². The number of anilines is 1. The van der Waals surface area contributed by atoms with Gasteiger partial charge in [-0.25, -0.2) is 13.4 Å². The number of aromatic nitrogens is 1. The van der Waals surface area contributed by atoms with Crippen LogP contribution < -0.4 is 10.6 Å². The SMILES string of the molecule is NC(=S)c1cc2c(nc1N1CCS(=O)(=O)CC1)CCCC2. The molecule has 114 valence electrons. The molecule has 0 atom stereocenters. The van der Waals surface area contributed by atoms with Crippen molar-refractivity contribution >= 4 is 32.9 Å². The molecule has 1 saturated heterocycles. The van der Waals surface area contributed by atoms with Crippen LogP contribution in [0, 0.1) is 0 Å². The van der Waals surface area contributed by atoms with Gasteiger partial charge in [0.05, 0.1) is 17.1 Å². The van der Waals surface area contributed by atoms with Crippen molar-refractivity contribution < 1.29 is 8.42 Å². The van der Waals surface area contributed by atoms with E-state index in [0.717, 1.165) is 36.3 Å². The fraction of sp³-hybridized carbons (Fsp3) is 0.571. The highest BCUT2D eigenvalue weighted by molar-refractivity contribution is 7.91. The number of hydrogen-bond donors (Lipinski definition) is 1. The number of pyridine rings is 1. The fourth-order valence-corrected chi connectivity index (χ4v) is 4.32. The Morgan fingerprint density at radius 2 is 1.90 bits per heavy atom. The minimum Gasteiger partial charge on any atom is -0.389 e. The molecule has 1 fully saturated rings. The molecule has 1 aromatic heterocycles. The van der Waals surface area contributed by atoms with Crippen LogP contribution in [-0.2, 0) is 22.7 Å². The zero-order chi connectivity index (χ0) is 15.0. The predicted molar refractivity (Wildman–Crippen MR) is 87.6 cm³/mol. The highest BCUT2D eigenvalue weighted by atomic mass is 32.2. The summed E-state index contributed by atoms with van der Waals surface area (Å²) >= 11 is 5.16. The minimum atomic E-state index is -2.91. The third-order valence-electron chi connectivity index (χ3n) is 4.19.